The molecule has 0 aromatic rings. The van der Waals surface area contributed by atoms with E-state index in [1.807, 2.05) is 0 Å². The summed E-state index contributed by atoms with van der Waals surface area (Å²) >= 11 is 0. The molecule has 0 heterocycles. The van der Waals surface area contributed by atoms with Crippen LogP contribution in [-0.4, -0.2) is 0 Å². The Labute approximate surface area is 70.7 Å². The van der Waals surface area contributed by atoms with Gasteiger partial charge >= 0.3 is 0 Å². The topological polar surface area (TPSA) is 0 Å². The SMILES string of the molecule is CCCC=CCC1CC1CC. The molecular weight excluding hydrogens is 132 g/mol. The van der Waals surface area contributed by atoms with E-state index in [4.69, 9.17) is 0 Å². The lowest BCUT2D eigenvalue weighted by atomic mass is 10.2. The van der Waals surface area contributed by atoms with Crippen molar-refractivity contribution in [2.45, 2.75) is 46.0 Å². The van der Waals surface area contributed by atoms with Gasteiger partial charge in [-0.3, -0.25) is 0 Å². The number of allylic oxidation sites excluding steroid dienone is 2. The summed E-state index contributed by atoms with van der Waals surface area (Å²) in [5.74, 6) is 2.12. The molecule has 1 saturated carbocycles. The van der Waals surface area contributed by atoms with Gasteiger partial charge < -0.3 is 0 Å². The molecule has 0 nitrogen and oxygen atoms in total. The summed E-state index contributed by atoms with van der Waals surface area (Å²) in [5, 5.41) is 0. The third-order valence-electron chi connectivity index (χ3n) is 2.65. The van der Waals surface area contributed by atoms with Crippen LogP contribution in [0.25, 0.3) is 0 Å². The average molecular weight is 152 g/mol. The minimum atomic E-state index is 1.05. The Morgan fingerprint density at radius 1 is 1.18 bits per heavy atom. The predicted octanol–water partition coefficient (Wildman–Crippen LogP) is 3.78. The highest BCUT2D eigenvalue weighted by Gasteiger charge is 2.33. The molecule has 2 atom stereocenters. The van der Waals surface area contributed by atoms with Crippen molar-refractivity contribution in [3.63, 3.8) is 0 Å². The van der Waals surface area contributed by atoms with E-state index in [2.05, 4.69) is 26.0 Å². The van der Waals surface area contributed by atoms with Crippen molar-refractivity contribution in [2.24, 2.45) is 11.8 Å². The smallest absolute Gasteiger partial charge is 0.0319 e. The molecule has 0 N–H and O–H groups in total. The zero-order valence-electron chi connectivity index (χ0n) is 7.84. The molecule has 2 unspecified atom stereocenters. The summed E-state index contributed by atoms with van der Waals surface area (Å²) in [6, 6.07) is 0. The van der Waals surface area contributed by atoms with E-state index >= 15 is 0 Å². The number of unbranched alkanes of at least 4 members (excludes halogenated alkanes) is 1. The standard InChI is InChI=1S/C11H20/c1-3-5-6-7-8-11-9-10(11)4-2/h6-7,10-11H,3-5,8-9H2,1-2H3. The van der Waals surface area contributed by atoms with Crippen LogP contribution in [-0.2, 0) is 0 Å². The first-order valence-electron chi connectivity index (χ1n) is 5.03. The molecular formula is C11H20. The monoisotopic (exact) mass is 152 g/mol. The van der Waals surface area contributed by atoms with Gasteiger partial charge in [0.2, 0.25) is 0 Å². The van der Waals surface area contributed by atoms with Crippen molar-refractivity contribution >= 4 is 0 Å². The maximum atomic E-state index is 2.38. The van der Waals surface area contributed by atoms with Gasteiger partial charge in [0.25, 0.3) is 0 Å². The zero-order valence-corrected chi connectivity index (χ0v) is 7.84. The quantitative estimate of drug-likeness (QED) is 0.526. The Morgan fingerprint density at radius 2 is 2.00 bits per heavy atom. The summed E-state index contributed by atoms with van der Waals surface area (Å²) in [5.41, 5.74) is 0. The molecule has 0 aliphatic heterocycles. The highest BCUT2D eigenvalue weighted by molar-refractivity contribution is 4.93. The second-order valence-corrected chi connectivity index (χ2v) is 3.66. The molecule has 0 aromatic carbocycles. The van der Waals surface area contributed by atoms with Gasteiger partial charge in [-0.15, -0.1) is 0 Å². The summed E-state index contributed by atoms with van der Waals surface area (Å²) in [6.45, 7) is 4.54. The van der Waals surface area contributed by atoms with E-state index in [9.17, 15) is 0 Å². The van der Waals surface area contributed by atoms with Crippen LogP contribution >= 0.6 is 0 Å². The molecule has 0 spiro atoms. The fourth-order valence-electron chi connectivity index (χ4n) is 1.65. The molecule has 1 fully saturated rings. The fourth-order valence-corrected chi connectivity index (χ4v) is 1.65. The van der Waals surface area contributed by atoms with Gasteiger partial charge in [-0.1, -0.05) is 38.8 Å². The Hall–Kier alpha value is -0.260. The first-order valence-corrected chi connectivity index (χ1v) is 5.03. The Balaban J connectivity index is 1.96. The predicted molar refractivity (Wildman–Crippen MR) is 50.6 cm³/mol. The van der Waals surface area contributed by atoms with E-state index in [-0.39, 0.29) is 0 Å². The second kappa shape index (κ2) is 4.58. The largest absolute Gasteiger partial charge is 0.0885 e. The third kappa shape index (κ3) is 3.09. The van der Waals surface area contributed by atoms with Gasteiger partial charge in [0, 0.05) is 0 Å². The highest BCUT2D eigenvalue weighted by Crippen LogP contribution is 2.43. The van der Waals surface area contributed by atoms with Crippen molar-refractivity contribution < 1.29 is 0 Å². The lowest BCUT2D eigenvalue weighted by Crippen LogP contribution is -1.77. The van der Waals surface area contributed by atoms with Crippen molar-refractivity contribution in [1.29, 1.82) is 0 Å². The summed E-state index contributed by atoms with van der Waals surface area (Å²) in [7, 11) is 0. The van der Waals surface area contributed by atoms with Crippen molar-refractivity contribution in [3.8, 4) is 0 Å². The lowest BCUT2D eigenvalue weighted by molar-refractivity contribution is 0.686. The lowest BCUT2D eigenvalue weighted by Gasteiger charge is -1.90. The minimum Gasteiger partial charge on any atom is -0.0885 e. The van der Waals surface area contributed by atoms with Gasteiger partial charge in [-0.25, -0.2) is 0 Å². The molecule has 1 aliphatic rings. The summed E-state index contributed by atoms with van der Waals surface area (Å²) < 4.78 is 0. The molecule has 0 radical (unpaired) electrons. The first-order chi connectivity index (χ1) is 5.38. The average Bonchev–Trinajstić information content (AvgIpc) is 2.77. The van der Waals surface area contributed by atoms with Crippen LogP contribution in [0, 0.1) is 11.8 Å². The molecule has 1 aliphatic carbocycles. The Kier molecular flexibility index (Phi) is 3.68. The van der Waals surface area contributed by atoms with E-state index in [0.29, 0.717) is 0 Å². The fraction of sp³-hybridized carbons (Fsp3) is 0.818. The van der Waals surface area contributed by atoms with E-state index in [1.165, 1.54) is 32.1 Å². The highest BCUT2D eigenvalue weighted by atomic mass is 14.4. The Morgan fingerprint density at radius 3 is 2.55 bits per heavy atom. The van der Waals surface area contributed by atoms with Crippen LogP contribution in [0.4, 0.5) is 0 Å². The maximum absolute atomic E-state index is 2.38. The second-order valence-electron chi connectivity index (χ2n) is 3.66. The molecule has 0 amide bonds. The van der Waals surface area contributed by atoms with Crippen LogP contribution in [0.3, 0.4) is 0 Å². The van der Waals surface area contributed by atoms with Crippen LogP contribution in [0.2, 0.25) is 0 Å². The van der Waals surface area contributed by atoms with Gasteiger partial charge in [0.15, 0.2) is 0 Å². The van der Waals surface area contributed by atoms with E-state index in [1.54, 1.807) is 0 Å². The van der Waals surface area contributed by atoms with Gasteiger partial charge in [0.05, 0.1) is 0 Å². The van der Waals surface area contributed by atoms with Crippen molar-refractivity contribution in [1.82, 2.24) is 0 Å². The van der Waals surface area contributed by atoms with Crippen molar-refractivity contribution in [3.05, 3.63) is 12.2 Å². The Bertz CT molecular complexity index is 124. The molecule has 0 heteroatoms. The van der Waals surface area contributed by atoms with Gasteiger partial charge in [-0.2, -0.15) is 0 Å². The van der Waals surface area contributed by atoms with Gasteiger partial charge in [-0.05, 0) is 31.1 Å². The number of hydrogen-bond donors (Lipinski definition) is 0. The van der Waals surface area contributed by atoms with Crippen LogP contribution in [0.5, 0.6) is 0 Å². The normalized spacial score (nSPS) is 29.6. The van der Waals surface area contributed by atoms with Crippen LogP contribution < -0.4 is 0 Å². The molecule has 0 bridgehead atoms. The summed E-state index contributed by atoms with van der Waals surface area (Å²) in [4.78, 5) is 0. The molecule has 1 rings (SSSR count). The molecule has 0 saturated heterocycles. The third-order valence-corrected chi connectivity index (χ3v) is 2.65. The molecule has 0 aromatic heterocycles. The van der Waals surface area contributed by atoms with Crippen LogP contribution in [0.15, 0.2) is 12.2 Å². The first kappa shape index (κ1) is 8.83. The van der Waals surface area contributed by atoms with E-state index < -0.39 is 0 Å². The zero-order chi connectivity index (χ0) is 8.10. The minimum absolute atomic E-state index is 1.05. The molecule has 64 valence electrons. The van der Waals surface area contributed by atoms with E-state index in [0.717, 1.165) is 11.8 Å². The molecule has 11 heavy (non-hydrogen) atoms. The van der Waals surface area contributed by atoms with Gasteiger partial charge in [0.1, 0.15) is 0 Å². The van der Waals surface area contributed by atoms with Crippen LogP contribution in [0.1, 0.15) is 46.0 Å². The summed E-state index contributed by atoms with van der Waals surface area (Å²) in [6.07, 6.45) is 11.5. The van der Waals surface area contributed by atoms with Crippen molar-refractivity contribution in [2.75, 3.05) is 0 Å². The maximum Gasteiger partial charge on any atom is -0.0319 e. The number of rotatable bonds is 5. The number of hydrogen-bond acceptors (Lipinski definition) is 0.